The van der Waals surface area contributed by atoms with Crippen LogP contribution in [0.1, 0.15) is 213 Å². The zero-order valence-corrected chi connectivity index (χ0v) is 37.3. The van der Waals surface area contributed by atoms with Gasteiger partial charge in [0.05, 0.1) is 25.4 Å². The van der Waals surface area contributed by atoms with Gasteiger partial charge in [-0.1, -0.05) is 185 Å². The van der Waals surface area contributed by atoms with E-state index >= 15 is 0 Å². The minimum absolute atomic E-state index is 0.191. The fourth-order valence-electron chi connectivity index (χ4n) is 7.52. The van der Waals surface area contributed by atoms with Crippen molar-refractivity contribution in [1.29, 1.82) is 0 Å². The number of rotatable bonds is 40. The Morgan fingerprint density at radius 1 is 0.569 bits per heavy atom. The highest BCUT2D eigenvalue weighted by atomic mass is 16.7. The van der Waals surface area contributed by atoms with E-state index in [1.807, 2.05) is 6.08 Å². The quantitative estimate of drug-likeness (QED) is 0.0264. The molecule has 7 unspecified atom stereocenters. The highest BCUT2D eigenvalue weighted by Crippen LogP contribution is 2.22. The van der Waals surface area contributed by atoms with Crippen LogP contribution < -0.4 is 5.32 Å². The van der Waals surface area contributed by atoms with Gasteiger partial charge in [-0.25, -0.2) is 0 Å². The van der Waals surface area contributed by atoms with Crippen LogP contribution in [0.15, 0.2) is 36.5 Å². The van der Waals surface area contributed by atoms with Crippen LogP contribution in [-0.4, -0.2) is 87.5 Å². The molecule has 1 aliphatic heterocycles. The fourth-order valence-corrected chi connectivity index (χ4v) is 7.52. The van der Waals surface area contributed by atoms with E-state index in [9.17, 15) is 30.3 Å². The topological polar surface area (TPSA) is 149 Å². The summed E-state index contributed by atoms with van der Waals surface area (Å²) >= 11 is 0. The number of ether oxygens (including phenoxy) is 2. The number of hydrogen-bond donors (Lipinski definition) is 6. The molecule has 1 amide bonds. The maximum absolute atomic E-state index is 12.9. The third-order valence-electron chi connectivity index (χ3n) is 11.4. The van der Waals surface area contributed by atoms with Crippen LogP contribution in [0.2, 0.25) is 0 Å². The van der Waals surface area contributed by atoms with Gasteiger partial charge in [0.2, 0.25) is 5.91 Å². The third kappa shape index (κ3) is 29.6. The number of hydrogen-bond acceptors (Lipinski definition) is 8. The normalized spacial score (nSPS) is 21.1. The Morgan fingerprint density at radius 3 is 1.48 bits per heavy atom. The van der Waals surface area contributed by atoms with Gasteiger partial charge in [0.1, 0.15) is 24.4 Å². The van der Waals surface area contributed by atoms with Crippen LogP contribution in [0.5, 0.6) is 0 Å². The number of carbonyl (C=O) groups excluding carboxylic acids is 1. The van der Waals surface area contributed by atoms with Gasteiger partial charge in [-0.15, -0.1) is 0 Å². The Hall–Kier alpha value is -1.59. The molecule has 0 aromatic heterocycles. The SMILES string of the molecule is CCCCC/C=C/CC/C=C/C(O)C(COC1OC(CO)C(O)C(O)C1O)NC(=O)CCCCCCCCCCCC/C=C\CCCCCCCCCCCCCC. The molecule has 9 heteroatoms. The first-order valence-corrected chi connectivity index (χ1v) is 24.2. The lowest BCUT2D eigenvalue weighted by Gasteiger charge is -2.40. The second-order valence-corrected chi connectivity index (χ2v) is 16.9. The van der Waals surface area contributed by atoms with Gasteiger partial charge in [-0.05, 0) is 57.8 Å². The molecule has 1 heterocycles. The molecule has 0 aliphatic carbocycles. The van der Waals surface area contributed by atoms with Crippen molar-refractivity contribution in [2.24, 2.45) is 0 Å². The van der Waals surface area contributed by atoms with Gasteiger partial charge in [-0.2, -0.15) is 0 Å². The fraction of sp³-hybridized carbons (Fsp3) is 0.857. The molecule has 6 N–H and O–H groups in total. The Labute approximate surface area is 355 Å². The van der Waals surface area contributed by atoms with Crippen molar-refractivity contribution in [2.75, 3.05) is 13.2 Å². The number of aliphatic hydroxyl groups excluding tert-OH is 5. The molecule has 9 nitrogen and oxygen atoms in total. The molecular weight excluding hydrogens is 731 g/mol. The van der Waals surface area contributed by atoms with E-state index in [2.05, 4.69) is 43.5 Å². The van der Waals surface area contributed by atoms with Crippen molar-refractivity contribution in [3.63, 3.8) is 0 Å². The Morgan fingerprint density at radius 2 is 0.983 bits per heavy atom. The third-order valence-corrected chi connectivity index (χ3v) is 11.4. The van der Waals surface area contributed by atoms with Crippen molar-refractivity contribution in [1.82, 2.24) is 5.32 Å². The van der Waals surface area contributed by atoms with E-state index in [0.717, 1.165) is 38.5 Å². The van der Waals surface area contributed by atoms with Crippen molar-refractivity contribution >= 4 is 5.91 Å². The Kier molecular flexibility index (Phi) is 37.1. The van der Waals surface area contributed by atoms with E-state index in [0.29, 0.717) is 6.42 Å². The predicted molar refractivity (Wildman–Crippen MR) is 240 cm³/mol. The van der Waals surface area contributed by atoms with Gasteiger partial charge >= 0.3 is 0 Å². The number of aliphatic hydroxyl groups is 5. The van der Waals surface area contributed by atoms with Crippen LogP contribution in [0.4, 0.5) is 0 Å². The van der Waals surface area contributed by atoms with Crippen LogP contribution in [-0.2, 0) is 14.3 Å². The minimum Gasteiger partial charge on any atom is -0.394 e. The molecule has 1 aliphatic rings. The van der Waals surface area contributed by atoms with Crippen LogP contribution in [0, 0.1) is 0 Å². The average Bonchev–Trinajstić information content (AvgIpc) is 3.22. The van der Waals surface area contributed by atoms with E-state index in [-0.39, 0.29) is 12.5 Å². The zero-order valence-electron chi connectivity index (χ0n) is 37.3. The number of carbonyl (C=O) groups is 1. The molecule has 0 spiro atoms. The summed E-state index contributed by atoms with van der Waals surface area (Å²) in [5.41, 5.74) is 0. The number of nitrogens with one attached hydrogen (secondary N) is 1. The van der Waals surface area contributed by atoms with Crippen molar-refractivity contribution in [3.05, 3.63) is 36.5 Å². The molecule has 0 aromatic rings. The van der Waals surface area contributed by atoms with Crippen LogP contribution >= 0.6 is 0 Å². The van der Waals surface area contributed by atoms with E-state index in [1.165, 1.54) is 154 Å². The first-order chi connectivity index (χ1) is 28.3. The minimum atomic E-state index is -1.57. The van der Waals surface area contributed by atoms with Gasteiger partial charge in [-0.3, -0.25) is 4.79 Å². The van der Waals surface area contributed by atoms with E-state index in [4.69, 9.17) is 9.47 Å². The molecule has 1 saturated heterocycles. The monoisotopic (exact) mass is 822 g/mol. The van der Waals surface area contributed by atoms with Crippen LogP contribution in [0.25, 0.3) is 0 Å². The summed E-state index contributed by atoms with van der Waals surface area (Å²) in [5, 5.41) is 54.0. The lowest BCUT2D eigenvalue weighted by molar-refractivity contribution is -0.302. The summed E-state index contributed by atoms with van der Waals surface area (Å²) in [6.07, 6.45) is 42.2. The Bertz CT molecular complexity index is 1000. The second-order valence-electron chi connectivity index (χ2n) is 16.9. The van der Waals surface area contributed by atoms with Crippen LogP contribution in [0.3, 0.4) is 0 Å². The van der Waals surface area contributed by atoms with Crippen molar-refractivity contribution in [3.8, 4) is 0 Å². The molecule has 0 bridgehead atoms. The molecule has 340 valence electrons. The van der Waals surface area contributed by atoms with Gasteiger partial charge in [0.25, 0.3) is 0 Å². The smallest absolute Gasteiger partial charge is 0.220 e. The molecule has 0 saturated carbocycles. The number of unbranched alkanes of at least 4 members (excludes halogenated alkanes) is 26. The summed E-state index contributed by atoms with van der Waals surface area (Å²) < 4.78 is 11.2. The summed E-state index contributed by atoms with van der Waals surface area (Å²) in [7, 11) is 0. The zero-order chi connectivity index (χ0) is 42.3. The maximum Gasteiger partial charge on any atom is 0.220 e. The summed E-state index contributed by atoms with van der Waals surface area (Å²) in [4.78, 5) is 12.9. The highest BCUT2D eigenvalue weighted by Gasteiger charge is 2.44. The van der Waals surface area contributed by atoms with E-state index < -0.39 is 49.5 Å². The molecule has 58 heavy (non-hydrogen) atoms. The van der Waals surface area contributed by atoms with E-state index in [1.54, 1.807) is 6.08 Å². The summed E-state index contributed by atoms with van der Waals surface area (Å²) in [6.45, 7) is 3.70. The second kappa shape index (κ2) is 39.5. The van der Waals surface area contributed by atoms with Crippen molar-refractivity contribution in [2.45, 2.75) is 256 Å². The Balaban J connectivity index is 2.19. The molecule has 0 radical (unpaired) electrons. The largest absolute Gasteiger partial charge is 0.394 e. The summed E-state index contributed by atoms with van der Waals surface area (Å²) in [5.74, 6) is -0.191. The molecule has 0 aromatic carbocycles. The number of allylic oxidation sites excluding steroid dienone is 5. The highest BCUT2D eigenvalue weighted by molar-refractivity contribution is 5.76. The average molecular weight is 822 g/mol. The molecular formula is C49H91NO8. The van der Waals surface area contributed by atoms with Gasteiger partial charge in [0.15, 0.2) is 6.29 Å². The van der Waals surface area contributed by atoms with Crippen molar-refractivity contribution < 1.29 is 39.8 Å². The first-order valence-electron chi connectivity index (χ1n) is 24.2. The molecule has 1 fully saturated rings. The predicted octanol–water partition coefficient (Wildman–Crippen LogP) is 10.5. The first kappa shape index (κ1) is 54.4. The van der Waals surface area contributed by atoms with Gasteiger partial charge in [0, 0.05) is 6.42 Å². The maximum atomic E-state index is 12.9. The standard InChI is InChI=1S/C49H91NO8/c1-3-5-7-9-11-13-14-15-16-17-18-19-20-21-22-23-24-25-26-27-28-29-31-33-35-37-39-45(53)50-42(43(52)38-36-34-32-30-12-10-8-6-4-2)41-57-49-48(56)47(55)46(54)44(40-51)58-49/h12,21-22,30,36,38,42-44,46-49,51-52,54-56H,3-11,13-20,23-29,31-35,37,39-41H2,1-2H3,(H,50,53)/b22-21-,30-12+,38-36+. The molecule has 1 rings (SSSR count). The molecule has 7 atom stereocenters. The lowest BCUT2D eigenvalue weighted by atomic mass is 9.99. The number of amides is 1. The lowest BCUT2D eigenvalue weighted by Crippen LogP contribution is -2.60. The summed E-state index contributed by atoms with van der Waals surface area (Å²) in [6, 6.07) is -0.819. The van der Waals surface area contributed by atoms with Gasteiger partial charge < -0.3 is 40.3 Å².